The molecule has 0 spiro atoms. The van der Waals surface area contributed by atoms with Crippen molar-refractivity contribution in [2.75, 3.05) is 30.0 Å². The van der Waals surface area contributed by atoms with Gasteiger partial charge in [-0.3, -0.25) is 4.79 Å². The number of nitrogens with zero attached hydrogens (tertiary/aromatic N) is 1. The standard InChI is InChI=1S/C24H31N3O3S/c1-5-29-21-12-10-18(14-22(21)30-6-2)17(4)25-24(31)26-19-11-9-16(3)20(15-19)27-13-7-8-23(27)28/h9-12,14-15,17H,5-8,13H2,1-4H3,(H2,25,26,31). The average Bonchev–Trinajstić information content (AvgIpc) is 3.16. The molecular formula is C24H31N3O3S. The summed E-state index contributed by atoms with van der Waals surface area (Å²) in [5.74, 6) is 1.65. The Morgan fingerprint density at radius 2 is 1.87 bits per heavy atom. The first-order valence-electron chi connectivity index (χ1n) is 10.8. The Kier molecular flexibility index (Phi) is 7.74. The number of ether oxygens (including phenoxy) is 2. The van der Waals surface area contributed by atoms with E-state index in [2.05, 4.69) is 10.6 Å². The fourth-order valence-corrected chi connectivity index (χ4v) is 3.96. The molecule has 1 heterocycles. The van der Waals surface area contributed by atoms with E-state index < -0.39 is 0 Å². The van der Waals surface area contributed by atoms with Crippen molar-refractivity contribution in [2.45, 2.75) is 46.6 Å². The minimum absolute atomic E-state index is 0.0278. The van der Waals surface area contributed by atoms with E-state index in [0.29, 0.717) is 24.7 Å². The molecule has 1 aliphatic rings. The molecule has 0 radical (unpaired) electrons. The molecule has 0 saturated carbocycles. The summed E-state index contributed by atoms with van der Waals surface area (Å²) >= 11 is 5.54. The highest BCUT2D eigenvalue weighted by molar-refractivity contribution is 7.80. The van der Waals surface area contributed by atoms with E-state index in [4.69, 9.17) is 21.7 Å². The van der Waals surface area contributed by atoms with E-state index in [-0.39, 0.29) is 11.9 Å². The van der Waals surface area contributed by atoms with Crippen LogP contribution < -0.4 is 25.0 Å². The van der Waals surface area contributed by atoms with Gasteiger partial charge in [-0.25, -0.2) is 0 Å². The first kappa shape index (κ1) is 22.9. The molecule has 3 rings (SSSR count). The number of rotatable bonds is 8. The quantitative estimate of drug-likeness (QED) is 0.564. The first-order valence-corrected chi connectivity index (χ1v) is 11.2. The van der Waals surface area contributed by atoms with Gasteiger partial charge in [0.2, 0.25) is 5.91 Å². The minimum atomic E-state index is -0.0278. The van der Waals surface area contributed by atoms with Gasteiger partial charge >= 0.3 is 0 Å². The number of carbonyl (C=O) groups is 1. The number of aryl methyl sites for hydroxylation is 1. The molecule has 0 aliphatic carbocycles. The van der Waals surface area contributed by atoms with Crippen molar-refractivity contribution < 1.29 is 14.3 Å². The maximum atomic E-state index is 12.2. The number of nitrogens with one attached hydrogen (secondary N) is 2. The molecule has 1 atom stereocenters. The zero-order chi connectivity index (χ0) is 22.4. The number of benzene rings is 2. The maximum absolute atomic E-state index is 12.2. The highest BCUT2D eigenvalue weighted by atomic mass is 32.1. The molecule has 2 aromatic carbocycles. The van der Waals surface area contributed by atoms with Crippen LogP contribution in [-0.2, 0) is 4.79 Å². The van der Waals surface area contributed by atoms with Crippen LogP contribution in [0, 0.1) is 6.92 Å². The highest BCUT2D eigenvalue weighted by Crippen LogP contribution is 2.31. The number of amides is 1. The number of anilines is 2. The van der Waals surface area contributed by atoms with Crippen LogP contribution >= 0.6 is 12.2 Å². The molecule has 1 fully saturated rings. The van der Waals surface area contributed by atoms with Crippen molar-refractivity contribution in [3.8, 4) is 11.5 Å². The van der Waals surface area contributed by atoms with Gasteiger partial charge in [0.15, 0.2) is 16.6 Å². The van der Waals surface area contributed by atoms with Crippen LogP contribution in [0.1, 0.15) is 50.8 Å². The molecule has 166 valence electrons. The lowest BCUT2D eigenvalue weighted by Gasteiger charge is -2.21. The van der Waals surface area contributed by atoms with Gasteiger partial charge in [0, 0.05) is 24.3 Å². The van der Waals surface area contributed by atoms with E-state index in [1.807, 2.05) is 69.0 Å². The van der Waals surface area contributed by atoms with E-state index in [0.717, 1.165) is 47.0 Å². The molecule has 7 heteroatoms. The van der Waals surface area contributed by atoms with Crippen molar-refractivity contribution in [3.05, 3.63) is 47.5 Å². The number of carbonyl (C=O) groups excluding carboxylic acids is 1. The summed E-state index contributed by atoms with van der Waals surface area (Å²) in [7, 11) is 0. The smallest absolute Gasteiger partial charge is 0.227 e. The fourth-order valence-electron chi connectivity index (χ4n) is 3.66. The van der Waals surface area contributed by atoms with Crippen LogP contribution in [0.5, 0.6) is 11.5 Å². The fraction of sp³-hybridized carbons (Fsp3) is 0.417. The number of thiocarbonyl (C=S) groups is 1. The monoisotopic (exact) mass is 441 g/mol. The summed E-state index contributed by atoms with van der Waals surface area (Å²) in [6, 6.07) is 11.9. The van der Waals surface area contributed by atoms with Crippen LogP contribution in [0.3, 0.4) is 0 Å². The molecular weight excluding hydrogens is 410 g/mol. The van der Waals surface area contributed by atoms with Crippen molar-refractivity contribution in [2.24, 2.45) is 0 Å². The molecule has 0 bridgehead atoms. The topological polar surface area (TPSA) is 62.8 Å². The van der Waals surface area contributed by atoms with Crippen LogP contribution in [0.15, 0.2) is 36.4 Å². The number of hydrogen-bond acceptors (Lipinski definition) is 4. The summed E-state index contributed by atoms with van der Waals surface area (Å²) in [6.07, 6.45) is 1.51. The second-order valence-corrected chi connectivity index (χ2v) is 7.95. The third kappa shape index (κ3) is 5.67. The van der Waals surface area contributed by atoms with E-state index in [1.54, 1.807) is 0 Å². The average molecular weight is 442 g/mol. The van der Waals surface area contributed by atoms with Crippen LogP contribution in [0.4, 0.5) is 11.4 Å². The van der Waals surface area contributed by atoms with E-state index in [9.17, 15) is 4.79 Å². The molecule has 1 unspecified atom stereocenters. The highest BCUT2D eigenvalue weighted by Gasteiger charge is 2.23. The lowest BCUT2D eigenvalue weighted by atomic mass is 10.1. The van der Waals surface area contributed by atoms with Crippen LogP contribution in [0.25, 0.3) is 0 Å². The number of hydrogen-bond donors (Lipinski definition) is 2. The van der Waals surface area contributed by atoms with Gasteiger partial charge in [0.05, 0.1) is 19.3 Å². The minimum Gasteiger partial charge on any atom is -0.490 e. The molecule has 0 aromatic heterocycles. The van der Waals surface area contributed by atoms with Gasteiger partial charge in [0.1, 0.15) is 0 Å². The van der Waals surface area contributed by atoms with Crippen molar-refractivity contribution in [1.29, 1.82) is 0 Å². The Balaban J connectivity index is 1.68. The lowest BCUT2D eigenvalue weighted by molar-refractivity contribution is -0.117. The zero-order valence-electron chi connectivity index (χ0n) is 18.7. The summed E-state index contributed by atoms with van der Waals surface area (Å²) in [5, 5.41) is 7.08. The largest absolute Gasteiger partial charge is 0.490 e. The first-order chi connectivity index (χ1) is 14.9. The summed E-state index contributed by atoms with van der Waals surface area (Å²) in [4.78, 5) is 14.0. The van der Waals surface area contributed by atoms with Gasteiger partial charge in [-0.15, -0.1) is 0 Å². The van der Waals surface area contributed by atoms with E-state index >= 15 is 0 Å². The van der Waals surface area contributed by atoms with Gasteiger partial charge in [-0.2, -0.15) is 0 Å². The van der Waals surface area contributed by atoms with Gasteiger partial charge < -0.3 is 25.0 Å². The van der Waals surface area contributed by atoms with Gasteiger partial charge in [-0.05, 0) is 81.7 Å². The summed E-state index contributed by atoms with van der Waals surface area (Å²) in [5.41, 5.74) is 3.91. The Morgan fingerprint density at radius 1 is 1.13 bits per heavy atom. The molecule has 1 aliphatic heterocycles. The predicted molar refractivity (Wildman–Crippen MR) is 129 cm³/mol. The van der Waals surface area contributed by atoms with Gasteiger partial charge in [0.25, 0.3) is 0 Å². The van der Waals surface area contributed by atoms with Gasteiger partial charge in [-0.1, -0.05) is 12.1 Å². The SMILES string of the molecule is CCOc1ccc(C(C)NC(=S)Nc2ccc(C)c(N3CCCC3=O)c2)cc1OCC. The molecule has 2 N–H and O–H groups in total. The van der Waals surface area contributed by atoms with Crippen molar-refractivity contribution in [3.63, 3.8) is 0 Å². The van der Waals surface area contributed by atoms with E-state index in [1.165, 1.54) is 0 Å². The molecule has 31 heavy (non-hydrogen) atoms. The Labute approximate surface area is 189 Å². The second kappa shape index (κ2) is 10.5. The third-order valence-corrected chi connectivity index (χ3v) is 5.47. The Hall–Kier alpha value is -2.80. The summed E-state index contributed by atoms with van der Waals surface area (Å²) < 4.78 is 11.4. The second-order valence-electron chi connectivity index (χ2n) is 7.54. The van der Waals surface area contributed by atoms with Crippen LogP contribution in [-0.4, -0.2) is 30.8 Å². The predicted octanol–water partition coefficient (Wildman–Crippen LogP) is 4.97. The molecule has 6 nitrogen and oxygen atoms in total. The van der Waals surface area contributed by atoms with Crippen molar-refractivity contribution >= 4 is 34.6 Å². The molecule has 1 saturated heterocycles. The zero-order valence-corrected chi connectivity index (χ0v) is 19.5. The Bertz CT molecular complexity index is 948. The molecule has 1 amide bonds. The van der Waals surface area contributed by atoms with Crippen molar-refractivity contribution in [1.82, 2.24) is 5.32 Å². The third-order valence-electron chi connectivity index (χ3n) is 5.25. The summed E-state index contributed by atoms with van der Waals surface area (Å²) in [6.45, 7) is 9.89. The lowest BCUT2D eigenvalue weighted by Crippen LogP contribution is -2.31. The molecule has 2 aromatic rings. The Morgan fingerprint density at radius 3 is 2.55 bits per heavy atom. The normalized spacial score (nSPS) is 14.3. The maximum Gasteiger partial charge on any atom is 0.227 e. The van der Waals surface area contributed by atoms with Crippen LogP contribution in [0.2, 0.25) is 0 Å².